The summed E-state index contributed by atoms with van der Waals surface area (Å²) in [6.45, 7) is 1.47. The summed E-state index contributed by atoms with van der Waals surface area (Å²) in [7, 11) is -3.21. The number of para-hydroxylation sites is 1. The second-order valence-electron chi connectivity index (χ2n) is 5.74. The molecule has 5 nitrogen and oxygen atoms in total. The molecule has 0 aliphatic carbocycles. The van der Waals surface area contributed by atoms with Crippen LogP contribution in [0.3, 0.4) is 0 Å². The molecule has 0 fully saturated rings. The number of sulfone groups is 1. The van der Waals surface area contributed by atoms with E-state index >= 15 is 0 Å². The van der Waals surface area contributed by atoms with E-state index in [-0.39, 0.29) is 29.3 Å². The maximum atomic E-state index is 12.8. The molecular weight excluding hydrogens is 381 g/mol. The predicted octanol–water partition coefficient (Wildman–Crippen LogP) is 3.61. The molecule has 0 heterocycles. The second-order valence-corrected chi connectivity index (χ2v) is 8.21. The first-order valence-corrected chi connectivity index (χ1v) is 9.96. The molecule has 2 aromatic rings. The first kappa shape index (κ1) is 20.8. The molecule has 0 bridgehead atoms. The van der Waals surface area contributed by atoms with Crippen molar-refractivity contribution in [1.29, 1.82) is 0 Å². The highest BCUT2D eigenvalue weighted by Gasteiger charge is 2.30. The van der Waals surface area contributed by atoms with Crippen LogP contribution in [-0.4, -0.2) is 32.4 Å². The lowest BCUT2D eigenvalue weighted by atomic mass is 10.1. The van der Waals surface area contributed by atoms with E-state index < -0.39 is 27.5 Å². The molecule has 2 aromatic carbocycles. The van der Waals surface area contributed by atoms with Gasteiger partial charge in [0.15, 0.2) is 9.84 Å². The number of carbonyl (C=O) groups excluding carboxylic acids is 1. The molecule has 146 valence electrons. The van der Waals surface area contributed by atoms with E-state index in [2.05, 4.69) is 10.6 Å². The van der Waals surface area contributed by atoms with Crippen LogP contribution in [0.5, 0.6) is 0 Å². The standard InChI is InChI=1S/C18H19F3N2O3S/c1-2-27(25,26)11-10-22-17(24)15-8-3-4-9-16(15)23-14-7-5-6-13(12-14)18(19,20)21/h3-9,12,23H,2,10-11H2,1H3,(H,22,24). The van der Waals surface area contributed by atoms with Crippen LogP contribution < -0.4 is 10.6 Å². The van der Waals surface area contributed by atoms with Crippen LogP contribution in [0.4, 0.5) is 24.5 Å². The number of anilines is 2. The number of rotatable bonds is 7. The van der Waals surface area contributed by atoms with Gasteiger partial charge in [-0.3, -0.25) is 4.79 Å². The molecule has 0 spiro atoms. The van der Waals surface area contributed by atoms with Gasteiger partial charge in [-0.25, -0.2) is 8.42 Å². The number of carbonyl (C=O) groups is 1. The Kier molecular flexibility index (Phi) is 6.48. The van der Waals surface area contributed by atoms with E-state index in [0.29, 0.717) is 5.69 Å². The monoisotopic (exact) mass is 400 g/mol. The van der Waals surface area contributed by atoms with Gasteiger partial charge in [-0.05, 0) is 30.3 Å². The quantitative estimate of drug-likeness (QED) is 0.745. The second kappa shape index (κ2) is 8.43. The van der Waals surface area contributed by atoms with Crippen molar-refractivity contribution < 1.29 is 26.4 Å². The Morgan fingerprint density at radius 2 is 1.78 bits per heavy atom. The van der Waals surface area contributed by atoms with Gasteiger partial charge in [-0.15, -0.1) is 0 Å². The van der Waals surface area contributed by atoms with E-state index in [1.807, 2.05) is 0 Å². The molecule has 0 atom stereocenters. The van der Waals surface area contributed by atoms with Crippen molar-refractivity contribution in [2.75, 3.05) is 23.4 Å². The summed E-state index contributed by atoms with van der Waals surface area (Å²) in [6, 6.07) is 10.9. The van der Waals surface area contributed by atoms with Crippen LogP contribution in [0, 0.1) is 0 Å². The van der Waals surface area contributed by atoms with Gasteiger partial charge in [0, 0.05) is 18.0 Å². The van der Waals surface area contributed by atoms with Gasteiger partial charge in [0.25, 0.3) is 5.91 Å². The summed E-state index contributed by atoms with van der Waals surface area (Å²) in [6.07, 6.45) is -4.47. The summed E-state index contributed by atoms with van der Waals surface area (Å²) in [5.74, 6) is -0.717. The van der Waals surface area contributed by atoms with Crippen LogP contribution in [0.1, 0.15) is 22.8 Å². The van der Waals surface area contributed by atoms with E-state index in [1.54, 1.807) is 18.2 Å². The smallest absolute Gasteiger partial charge is 0.355 e. The van der Waals surface area contributed by atoms with Gasteiger partial charge < -0.3 is 10.6 Å². The van der Waals surface area contributed by atoms with E-state index in [1.165, 1.54) is 25.1 Å². The highest BCUT2D eigenvalue weighted by Crippen LogP contribution is 2.31. The number of hydrogen-bond donors (Lipinski definition) is 2. The minimum Gasteiger partial charge on any atom is -0.355 e. The topological polar surface area (TPSA) is 75.3 Å². The molecule has 0 aliphatic heterocycles. The van der Waals surface area contributed by atoms with Gasteiger partial charge in [0.2, 0.25) is 0 Å². The lowest BCUT2D eigenvalue weighted by Crippen LogP contribution is -2.30. The Labute approximate surface area is 155 Å². The first-order chi connectivity index (χ1) is 12.6. The number of nitrogens with one attached hydrogen (secondary N) is 2. The van der Waals surface area contributed by atoms with Gasteiger partial charge in [0.05, 0.1) is 22.6 Å². The largest absolute Gasteiger partial charge is 0.416 e. The Bertz CT molecular complexity index is 912. The molecule has 0 aliphatic rings. The minimum absolute atomic E-state index is 0.0173. The van der Waals surface area contributed by atoms with Gasteiger partial charge >= 0.3 is 6.18 Å². The number of amides is 1. The van der Waals surface area contributed by atoms with Crippen molar-refractivity contribution in [3.8, 4) is 0 Å². The summed E-state index contributed by atoms with van der Waals surface area (Å²) in [5.41, 5.74) is -0.116. The molecule has 2 rings (SSSR count). The van der Waals surface area contributed by atoms with Crippen molar-refractivity contribution in [1.82, 2.24) is 5.32 Å². The fourth-order valence-corrected chi connectivity index (χ4v) is 2.98. The van der Waals surface area contributed by atoms with Crippen LogP contribution in [0.15, 0.2) is 48.5 Å². The van der Waals surface area contributed by atoms with Gasteiger partial charge in [-0.2, -0.15) is 13.2 Å². The van der Waals surface area contributed by atoms with E-state index in [4.69, 9.17) is 0 Å². The highest BCUT2D eigenvalue weighted by atomic mass is 32.2. The van der Waals surface area contributed by atoms with Crippen LogP contribution in [-0.2, 0) is 16.0 Å². The average Bonchev–Trinajstić information content (AvgIpc) is 2.61. The summed E-state index contributed by atoms with van der Waals surface area (Å²) >= 11 is 0. The number of alkyl halides is 3. The molecule has 2 N–H and O–H groups in total. The normalized spacial score (nSPS) is 11.9. The number of halogens is 3. The number of benzene rings is 2. The molecular formula is C18H19F3N2O3S. The van der Waals surface area contributed by atoms with Crippen molar-refractivity contribution >= 4 is 27.1 Å². The van der Waals surface area contributed by atoms with Gasteiger partial charge in [-0.1, -0.05) is 25.1 Å². The molecule has 9 heteroatoms. The lowest BCUT2D eigenvalue weighted by Gasteiger charge is -2.14. The minimum atomic E-state index is -4.47. The SMILES string of the molecule is CCS(=O)(=O)CCNC(=O)c1ccccc1Nc1cccc(C(F)(F)F)c1. The van der Waals surface area contributed by atoms with Crippen LogP contribution >= 0.6 is 0 Å². The summed E-state index contributed by atoms with van der Waals surface area (Å²) in [5, 5.41) is 5.32. The highest BCUT2D eigenvalue weighted by molar-refractivity contribution is 7.91. The molecule has 1 amide bonds. The zero-order valence-electron chi connectivity index (χ0n) is 14.5. The fraction of sp³-hybridized carbons (Fsp3) is 0.278. The Balaban J connectivity index is 2.15. The molecule has 0 saturated heterocycles. The molecule has 0 unspecified atom stereocenters. The lowest BCUT2D eigenvalue weighted by molar-refractivity contribution is -0.137. The maximum absolute atomic E-state index is 12.8. The van der Waals surface area contributed by atoms with E-state index in [9.17, 15) is 26.4 Å². The Morgan fingerprint density at radius 1 is 1.07 bits per heavy atom. The van der Waals surface area contributed by atoms with Crippen LogP contribution in [0.25, 0.3) is 0 Å². The van der Waals surface area contributed by atoms with Crippen LogP contribution in [0.2, 0.25) is 0 Å². The van der Waals surface area contributed by atoms with Crippen molar-refractivity contribution in [3.63, 3.8) is 0 Å². The first-order valence-electron chi connectivity index (χ1n) is 8.14. The van der Waals surface area contributed by atoms with Crippen molar-refractivity contribution in [2.45, 2.75) is 13.1 Å². The molecule has 0 saturated carbocycles. The van der Waals surface area contributed by atoms with Gasteiger partial charge in [0.1, 0.15) is 0 Å². The third-order valence-corrected chi connectivity index (χ3v) is 5.48. The average molecular weight is 400 g/mol. The predicted molar refractivity (Wildman–Crippen MR) is 97.8 cm³/mol. The van der Waals surface area contributed by atoms with Crippen molar-refractivity contribution in [2.24, 2.45) is 0 Å². The molecule has 0 aromatic heterocycles. The zero-order valence-corrected chi connectivity index (χ0v) is 15.3. The fourth-order valence-electron chi connectivity index (χ4n) is 2.28. The summed E-state index contributed by atoms with van der Waals surface area (Å²) in [4.78, 5) is 12.3. The van der Waals surface area contributed by atoms with E-state index in [0.717, 1.165) is 12.1 Å². The zero-order chi connectivity index (χ0) is 20.1. The number of hydrogen-bond acceptors (Lipinski definition) is 4. The third kappa shape index (κ3) is 5.99. The third-order valence-electron chi connectivity index (χ3n) is 3.78. The Hall–Kier alpha value is -2.55. The maximum Gasteiger partial charge on any atom is 0.416 e. The molecule has 27 heavy (non-hydrogen) atoms. The molecule has 0 radical (unpaired) electrons. The summed E-state index contributed by atoms with van der Waals surface area (Å²) < 4.78 is 61.5. The van der Waals surface area contributed by atoms with Crippen molar-refractivity contribution in [3.05, 3.63) is 59.7 Å². The Morgan fingerprint density at radius 3 is 2.44 bits per heavy atom.